The fourth-order valence-electron chi connectivity index (χ4n) is 2.16. The van der Waals surface area contributed by atoms with Gasteiger partial charge in [0, 0.05) is 15.4 Å². The third kappa shape index (κ3) is 5.31. The van der Waals surface area contributed by atoms with Crippen LogP contribution in [0.3, 0.4) is 0 Å². The average molecular weight is 413 g/mol. The molecule has 1 unspecified atom stereocenters. The molecule has 0 fully saturated rings. The molecular formula is C18H25BrN2O4. The van der Waals surface area contributed by atoms with Crippen LogP contribution in [0.2, 0.25) is 0 Å². The number of halogens is 1. The number of Topliss-reactive ketones (excluding diaryl/α,β-unsaturated/α-hetero) is 1. The average Bonchev–Trinajstić information content (AvgIpc) is 2.93. The summed E-state index contributed by atoms with van der Waals surface area (Å²) < 4.78 is 7.22. The third-order valence-corrected chi connectivity index (χ3v) is 3.88. The van der Waals surface area contributed by atoms with Gasteiger partial charge in [0.2, 0.25) is 0 Å². The molecule has 0 saturated carbocycles. The van der Waals surface area contributed by atoms with Crippen LogP contribution in [0, 0.1) is 5.92 Å². The molecule has 0 aliphatic carbocycles. The number of carbonyl (C=O) groups excluding carboxylic acids is 2. The molecule has 1 heterocycles. The lowest BCUT2D eigenvalue weighted by Crippen LogP contribution is -2.23. The summed E-state index contributed by atoms with van der Waals surface area (Å²) in [5, 5.41) is 0.729. The van der Waals surface area contributed by atoms with Crippen molar-refractivity contribution >= 4 is 38.6 Å². The number of hydrogen-bond acceptors (Lipinski definition) is 5. The number of hydrogen-bond donors (Lipinski definition) is 0. The SMILES string of the molecule is CCOC(=O)C(C)C(=O)c1cn(OC)c2c(Br)cccc12.CN(C)C. The molecule has 0 saturated heterocycles. The molecule has 0 aliphatic rings. The van der Waals surface area contributed by atoms with E-state index in [9.17, 15) is 9.59 Å². The summed E-state index contributed by atoms with van der Waals surface area (Å²) in [5.41, 5.74) is 1.19. The van der Waals surface area contributed by atoms with E-state index in [1.165, 1.54) is 11.8 Å². The van der Waals surface area contributed by atoms with E-state index in [1.807, 2.05) is 44.2 Å². The Morgan fingerprint density at radius 2 is 1.88 bits per heavy atom. The lowest BCUT2D eigenvalue weighted by Gasteiger charge is -2.08. The first kappa shape index (κ1) is 21.2. The number of rotatable bonds is 5. The summed E-state index contributed by atoms with van der Waals surface area (Å²) in [4.78, 5) is 31.5. The summed E-state index contributed by atoms with van der Waals surface area (Å²) in [6.07, 6.45) is 1.59. The van der Waals surface area contributed by atoms with Gasteiger partial charge >= 0.3 is 5.97 Å². The van der Waals surface area contributed by atoms with Crippen molar-refractivity contribution < 1.29 is 19.2 Å². The number of ether oxygens (including phenoxy) is 1. The zero-order chi connectivity index (χ0) is 19.1. The molecule has 7 heteroatoms. The van der Waals surface area contributed by atoms with Crippen LogP contribution in [-0.4, -0.2) is 56.2 Å². The van der Waals surface area contributed by atoms with E-state index in [1.54, 1.807) is 20.0 Å². The van der Waals surface area contributed by atoms with Gasteiger partial charge in [-0.3, -0.25) is 9.59 Å². The lowest BCUT2D eigenvalue weighted by atomic mass is 9.99. The number of ketones is 1. The van der Waals surface area contributed by atoms with Crippen LogP contribution >= 0.6 is 15.9 Å². The van der Waals surface area contributed by atoms with Crippen molar-refractivity contribution in [3.63, 3.8) is 0 Å². The van der Waals surface area contributed by atoms with Gasteiger partial charge < -0.3 is 14.5 Å². The van der Waals surface area contributed by atoms with Gasteiger partial charge in [-0.05, 0) is 57.0 Å². The first-order chi connectivity index (χ1) is 11.7. The first-order valence-corrected chi connectivity index (χ1v) is 8.69. The minimum absolute atomic E-state index is 0.252. The highest BCUT2D eigenvalue weighted by molar-refractivity contribution is 9.10. The van der Waals surface area contributed by atoms with Gasteiger partial charge in [-0.1, -0.05) is 12.1 Å². The standard InChI is InChI=1S/C15H16BrNO4.C3H9N/c1-4-21-15(19)9(2)14(18)11-8-17(20-3)13-10(11)6-5-7-12(13)16;1-4(2)3/h5-9H,4H2,1-3H3;1-3H3. The quantitative estimate of drug-likeness (QED) is 0.429. The van der Waals surface area contributed by atoms with Crippen molar-refractivity contribution in [1.29, 1.82) is 0 Å². The van der Waals surface area contributed by atoms with E-state index in [0.717, 1.165) is 15.4 Å². The lowest BCUT2D eigenvalue weighted by molar-refractivity contribution is -0.145. The summed E-state index contributed by atoms with van der Waals surface area (Å²) in [6.45, 7) is 3.51. The summed E-state index contributed by atoms with van der Waals surface area (Å²) in [7, 11) is 7.52. The predicted octanol–water partition coefficient (Wildman–Crippen LogP) is 3.02. The molecule has 1 aromatic heterocycles. The highest BCUT2D eigenvalue weighted by Crippen LogP contribution is 2.29. The van der Waals surface area contributed by atoms with Crippen LogP contribution in [0.1, 0.15) is 24.2 Å². The Morgan fingerprint density at radius 1 is 1.28 bits per heavy atom. The van der Waals surface area contributed by atoms with E-state index in [0.29, 0.717) is 5.56 Å². The molecule has 0 amide bonds. The highest BCUT2D eigenvalue weighted by Gasteiger charge is 2.27. The van der Waals surface area contributed by atoms with Crippen LogP contribution in [-0.2, 0) is 9.53 Å². The molecule has 0 N–H and O–H groups in total. The van der Waals surface area contributed by atoms with Crippen molar-refractivity contribution in [2.75, 3.05) is 34.9 Å². The van der Waals surface area contributed by atoms with Crippen LogP contribution in [0.15, 0.2) is 28.9 Å². The molecular weight excluding hydrogens is 388 g/mol. The van der Waals surface area contributed by atoms with Crippen LogP contribution < -0.4 is 4.84 Å². The Hall–Kier alpha value is -1.86. The number of benzene rings is 1. The fourth-order valence-corrected chi connectivity index (χ4v) is 2.70. The number of fused-ring (bicyclic) bond motifs is 1. The number of carbonyl (C=O) groups is 2. The Kier molecular flexibility index (Phi) is 8.12. The van der Waals surface area contributed by atoms with Crippen molar-refractivity contribution in [3.05, 3.63) is 34.4 Å². The van der Waals surface area contributed by atoms with Gasteiger partial charge in [-0.25, -0.2) is 0 Å². The minimum atomic E-state index is -0.847. The molecule has 1 aromatic carbocycles. The number of esters is 1. The Balaban J connectivity index is 0.000000705. The Morgan fingerprint density at radius 3 is 2.40 bits per heavy atom. The Bertz CT molecular complexity index is 737. The van der Waals surface area contributed by atoms with E-state index < -0.39 is 11.9 Å². The van der Waals surface area contributed by atoms with Gasteiger partial charge in [-0.15, -0.1) is 0 Å². The molecule has 25 heavy (non-hydrogen) atoms. The second kappa shape index (κ2) is 9.58. The summed E-state index contributed by atoms with van der Waals surface area (Å²) >= 11 is 3.44. The topological polar surface area (TPSA) is 60.8 Å². The number of nitrogens with zero attached hydrogens (tertiary/aromatic N) is 2. The van der Waals surface area contributed by atoms with Crippen molar-refractivity contribution in [2.24, 2.45) is 5.92 Å². The van der Waals surface area contributed by atoms with Gasteiger partial charge in [0.15, 0.2) is 5.78 Å². The molecule has 0 radical (unpaired) electrons. The van der Waals surface area contributed by atoms with Gasteiger partial charge in [-0.2, -0.15) is 4.73 Å². The van der Waals surface area contributed by atoms with Crippen LogP contribution in [0.5, 0.6) is 0 Å². The molecule has 0 aliphatic heterocycles. The molecule has 0 bridgehead atoms. The molecule has 2 rings (SSSR count). The zero-order valence-electron chi connectivity index (χ0n) is 15.5. The van der Waals surface area contributed by atoms with Gasteiger partial charge in [0.25, 0.3) is 0 Å². The van der Waals surface area contributed by atoms with Gasteiger partial charge in [0.1, 0.15) is 18.5 Å². The van der Waals surface area contributed by atoms with Crippen molar-refractivity contribution in [1.82, 2.24) is 9.63 Å². The minimum Gasteiger partial charge on any atom is -0.465 e. The van der Waals surface area contributed by atoms with Crippen molar-refractivity contribution in [3.8, 4) is 0 Å². The highest BCUT2D eigenvalue weighted by atomic mass is 79.9. The van der Waals surface area contributed by atoms with Crippen LogP contribution in [0.4, 0.5) is 0 Å². The smallest absolute Gasteiger partial charge is 0.316 e. The second-order valence-corrected chi connectivity index (χ2v) is 6.72. The van der Waals surface area contributed by atoms with E-state index >= 15 is 0 Å². The summed E-state index contributed by atoms with van der Waals surface area (Å²) in [5.74, 6) is -1.65. The predicted molar refractivity (Wildman–Crippen MR) is 102 cm³/mol. The maximum absolute atomic E-state index is 12.5. The Labute approximate surface area is 156 Å². The fraction of sp³-hybridized carbons (Fsp3) is 0.444. The van der Waals surface area contributed by atoms with Gasteiger partial charge in [0.05, 0.1) is 12.8 Å². The number of aromatic nitrogens is 1. The van der Waals surface area contributed by atoms with Crippen molar-refractivity contribution in [2.45, 2.75) is 13.8 Å². The normalized spacial score (nSPS) is 11.7. The molecule has 2 aromatic rings. The first-order valence-electron chi connectivity index (χ1n) is 7.90. The zero-order valence-corrected chi connectivity index (χ0v) is 17.1. The third-order valence-electron chi connectivity index (χ3n) is 3.24. The largest absolute Gasteiger partial charge is 0.465 e. The molecule has 1 atom stereocenters. The summed E-state index contributed by atoms with van der Waals surface area (Å²) in [6, 6.07) is 5.51. The number of para-hydroxylation sites is 1. The monoisotopic (exact) mass is 412 g/mol. The molecule has 6 nitrogen and oxygen atoms in total. The maximum Gasteiger partial charge on any atom is 0.316 e. The maximum atomic E-state index is 12.5. The molecule has 0 spiro atoms. The van der Waals surface area contributed by atoms with E-state index in [2.05, 4.69) is 15.9 Å². The van der Waals surface area contributed by atoms with E-state index in [4.69, 9.17) is 9.57 Å². The van der Waals surface area contributed by atoms with Crippen LogP contribution in [0.25, 0.3) is 10.9 Å². The second-order valence-electron chi connectivity index (χ2n) is 5.87. The van der Waals surface area contributed by atoms with E-state index in [-0.39, 0.29) is 12.4 Å². The molecule has 138 valence electrons.